The Kier molecular flexibility index (Phi) is 6.92. The van der Waals surface area contributed by atoms with Crippen molar-refractivity contribution in [1.82, 2.24) is 10.6 Å². The minimum Gasteiger partial charge on any atom is -0.391 e. The molecule has 1 heterocycles. The van der Waals surface area contributed by atoms with Crippen LogP contribution < -0.4 is 10.6 Å². The van der Waals surface area contributed by atoms with Crippen molar-refractivity contribution in [3.05, 3.63) is 0 Å². The average Bonchev–Trinajstić information content (AvgIpc) is 2.79. The van der Waals surface area contributed by atoms with Crippen LogP contribution in [0, 0.1) is 11.3 Å². The maximum atomic E-state index is 12.1. The highest BCUT2D eigenvalue weighted by atomic mass is 16.5. The molecule has 1 amide bonds. The van der Waals surface area contributed by atoms with Gasteiger partial charge in [-0.1, -0.05) is 27.7 Å². The van der Waals surface area contributed by atoms with Crippen LogP contribution >= 0.6 is 0 Å². The van der Waals surface area contributed by atoms with Gasteiger partial charge in [0, 0.05) is 12.6 Å². The lowest BCUT2D eigenvalue weighted by atomic mass is 9.89. The van der Waals surface area contributed by atoms with Crippen molar-refractivity contribution in [2.75, 3.05) is 26.3 Å². The first kappa shape index (κ1) is 17.4. The van der Waals surface area contributed by atoms with Gasteiger partial charge >= 0.3 is 0 Å². The van der Waals surface area contributed by atoms with Gasteiger partial charge in [0.25, 0.3) is 0 Å². The number of ether oxygens (including phenoxy) is 1. The minimum absolute atomic E-state index is 0.0240. The lowest BCUT2D eigenvalue weighted by molar-refractivity contribution is -0.126. The van der Waals surface area contributed by atoms with E-state index in [9.17, 15) is 9.90 Å². The van der Waals surface area contributed by atoms with Gasteiger partial charge in [-0.2, -0.15) is 0 Å². The summed E-state index contributed by atoms with van der Waals surface area (Å²) in [5, 5.41) is 16.1. The van der Waals surface area contributed by atoms with E-state index in [0.29, 0.717) is 26.2 Å². The molecule has 3 atom stereocenters. The molecule has 20 heavy (non-hydrogen) atoms. The van der Waals surface area contributed by atoms with Gasteiger partial charge in [0.15, 0.2) is 0 Å². The second-order valence-corrected chi connectivity index (χ2v) is 6.87. The molecule has 1 rings (SSSR count). The molecule has 0 aromatic rings. The van der Waals surface area contributed by atoms with Crippen LogP contribution in [0.4, 0.5) is 0 Å². The first-order valence-corrected chi connectivity index (χ1v) is 7.60. The Hall–Kier alpha value is -0.650. The number of hydrogen-bond acceptors (Lipinski definition) is 4. The number of hydrogen-bond donors (Lipinski definition) is 3. The molecular formula is C15H30N2O3. The lowest BCUT2D eigenvalue weighted by Gasteiger charge is -2.24. The molecule has 5 heteroatoms. The summed E-state index contributed by atoms with van der Waals surface area (Å²) in [5.41, 5.74) is 0.0613. The van der Waals surface area contributed by atoms with Crippen molar-refractivity contribution in [1.29, 1.82) is 0 Å². The number of nitrogens with one attached hydrogen (secondary N) is 2. The van der Waals surface area contributed by atoms with Crippen LogP contribution in [0.1, 0.15) is 40.5 Å². The van der Waals surface area contributed by atoms with Crippen LogP contribution in [0.25, 0.3) is 0 Å². The van der Waals surface area contributed by atoms with Crippen LogP contribution in [0.15, 0.2) is 0 Å². The van der Waals surface area contributed by atoms with Gasteiger partial charge in [0.1, 0.15) is 0 Å². The van der Waals surface area contributed by atoms with E-state index in [0.717, 1.165) is 13.0 Å². The molecule has 118 valence electrons. The number of carbonyl (C=O) groups excluding carboxylic acids is 1. The quantitative estimate of drug-likeness (QED) is 0.651. The molecule has 1 aliphatic rings. The van der Waals surface area contributed by atoms with E-state index in [1.807, 2.05) is 0 Å². The summed E-state index contributed by atoms with van der Waals surface area (Å²) in [6, 6.07) is 0.0923. The second-order valence-electron chi connectivity index (χ2n) is 6.87. The van der Waals surface area contributed by atoms with Gasteiger partial charge in [0.2, 0.25) is 5.91 Å². The van der Waals surface area contributed by atoms with E-state index >= 15 is 0 Å². The predicted molar refractivity (Wildman–Crippen MR) is 79.5 cm³/mol. The van der Waals surface area contributed by atoms with Crippen molar-refractivity contribution in [3.8, 4) is 0 Å². The van der Waals surface area contributed by atoms with E-state index < -0.39 is 6.10 Å². The van der Waals surface area contributed by atoms with Crippen molar-refractivity contribution < 1.29 is 14.6 Å². The van der Waals surface area contributed by atoms with Crippen molar-refractivity contribution in [3.63, 3.8) is 0 Å². The topological polar surface area (TPSA) is 70.6 Å². The predicted octanol–water partition coefficient (Wildman–Crippen LogP) is 0.914. The lowest BCUT2D eigenvalue weighted by Crippen LogP contribution is -2.46. The van der Waals surface area contributed by atoms with Gasteiger partial charge in [-0.3, -0.25) is 4.79 Å². The maximum absolute atomic E-state index is 12.1. The number of amides is 1. The first-order chi connectivity index (χ1) is 9.33. The van der Waals surface area contributed by atoms with Gasteiger partial charge < -0.3 is 20.5 Å². The molecular weight excluding hydrogens is 256 g/mol. The molecule has 5 nitrogen and oxygen atoms in total. The van der Waals surface area contributed by atoms with E-state index in [4.69, 9.17) is 4.74 Å². The Morgan fingerprint density at radius 1 is 1.40 bits per heavy atom. The maximum Gasteiger partial charge on any atom is 0.227 e. The molecule has 3 N–H and O–H groups in total. The average molecular weight is 286 g/mol. The molecule has 0 aromatic heterocycles. The van der Waals surface area contributed by atoms with Crippen molar-refractivity contribution >= 4 is 5.91 Å². The molecule has 1 fully saturated rings. The third-order valence-electron chi connectivity index (χ3n) is 3.43. The van der Waals surface area contributed by atoms with Crippen LogP contribution in [-0.4, -0.2) is 49.5 Å². The van der Waals surface area contributed by atoms with E-state index in [1.165, 1.54) is 0 Å². The number of carbonyl (C=O) groups is 1. The summed E-state index contributed by atoms with van der Waals surface area (Å²) in [6.45, 7) is 10.6. The number of rotatable bonds is 7. The smallest absolute Gasteiger partial charge is 0.227 e. The zero-order chi connectivity index (χ0) is 15.2. The van der Waals surface area contributed by atoms with Crippen LogP contribution in [0.2, 0.25) is 0 Å². The highest BCUT2D eigenvalue weighted by Crippen LogP contribution is 2.20. The Morgan fingerprint density at radius 2 is 2.10 bits per heavy atom. The van der Waals surface area contributed by atoms with E-state index in [1.54, 1.807) is 0 Å². The summed E-state index contributed by atoms with van der Waals surface area (Å²) in [5.74, 6) is -0.174. The Bertz CT molecular complexity index is 302. The molecule has 0 bridgehead atoms. The summed E-state index contributed by atoms with van der Waals surface area (Å²) >= 11 is 0. The minimum atomic E-state index is -0.497. The van der Waals surface area contributed by atoms with Crippen LogP contribution in [0.5, 0.6) is 0 Å². The van der Waals surface area contributed by atoms with Gasteiger partial charge in [-0.15, -0.1) is 0 Å². The first-order valence-electron chi connectivity index (χ1n) is 7.60. The molecule has 0 aliphatic carbocycles. The van der Waals surface area contributed by atoms with E-state index in [2.05, 4.69) is 38.3 Å². The fourth-order valence-electron chi connectivity index (χ4n) is 2.47. The third-order valence-corrected chi connectivity index (χ3v) is 3.43. The fourth-order valence-corrected chi connectivity index (χ4v) is 2.47. The summed E-state index contributed by atoms with van der Waals surface area (Å²) in [4.78, 5) is 12.1. The molecule has 1 aliphatic heterocycles. The SMILES string of the molecule is CCCNC1COCC1C(=O)NCC(O)CC(C)(C)C. The molecule has 3 unspecified atom stereocenters. The van der Waals surface area contributed by atoms with E-state index in [-0.39, 0.29) is 23.3 Å². The Balaban J connectivity index is 2.34. The molecule has 0 aromatic carbocycles. The normalized spacial score (nSPS) is 24.6. The number of aliphatic hydroxyl groups excluding tert-OH is 1. The summed E-state index contributed by atoms with van der Waals surface area (Å²) in [6.07, 6.45) is 1.21. The molecule has 0 radical (unpaired) electrons. The van der Waals surface area contributed by atoms with Crippen molar-refractivity contribution in [2.45, 2.75) is 52.7 Å². The van der Waals surface area contributed by atoms with Crippen LogP contribution in [0.3, 0.4) is 0 Å². The zero-order valence-corrected chi connectivity index (χ0v) is 13.2. The van der Waals surface area contributed by atoms with Crippen LogP contribution in [-0.2, 0) is 9.53 Å². The van der Waals surface area contributed by atoms with Gasteiger partial charge in [-0.05, 0) is 24.8 Å². The Morgan fingerprint density at radius 3 is 2.70 bits per heavy atom. The highest BCUT2D eigenvalue weighted by Gasteiger charge is 2.33. The monoisotopic (exact) mass is 286 g/mol. The number of aliphatic hydroxyl groups is 1. The summed E-state index contributed by atoms with van der Waals surface area (Å²) < 4.78 is 5.39. The Labute approximate surface area is 122 Å². The third kappa shape index (κ3) is 6.20. The second kappa shape index (κ2) is 7.96. The highest BCUT2D eigenvalue weighted by molar-refractivity contribution is 5.79. The fraction of sp³-hybridized carbons (Fsp3) is 0.933. The standard InChI is InChI=1S/C15H30N2O3/c1-5-6-16-13-10-20-9-12(13)14(19)17-8-11(18)7-15(2,3)4/h11-13,16,18H,5-10H2,1-4H3,(H,17,19). The summed E-state index contributed by atoms with van der Waals surface area (Å²) in [7, 11) is 0. The van der Waals surface area contributed by atoms with Crippen molar-refractivity contribution in [2.24, 2.45) is 11.3 Å². The molecule has 1 saturated heterocycles. The van der Waals surface area contributed by atoms with Gasteiger partial charge in [-0.25, -0.2) is 0 Å². The molecule has 0 spiro atoms. The molecule has 0 saturated carbocycles. The zero-order valence-electron chi connectivity index (χ0n) is 13.2. The van der Waals surface area contributed by atoms with Gasteiger partial charge in [0.05, 0.1) is 25.2 Å². The largest absolute Gasteiger partial charge is 0.391 e.